The molecule has 1 amide bonds. The van der Waals surface area contributed by atoms with Crippen molar-refractivity contribution in [2.75, 3.05) is 17.7 Å². The molecule has 0 aliphatic carbocycles. The Labute approximate surface area is 167 Å². The Morgan fingerprint density at radius 1 is 1.14 bits per heavy atom. The van der Waals surface area contributed by atoms with Gasteiger partial charge in [-0.15, -0.1) is 0 Å². The number of nitriles is 1. The number of carbonyl (C=O) groups excluding carboxylic acids is 1. The number of halogens is 1. The first-order chi connectivity index (χ1) is 13.5. The lowest BCUT2D eigenvalue weighted by Gasteiger charge is -2.13. The fourth-order valence-corrected chi connectivity index (χ4v) is 2.66. The number of anilines is 3. The van der Waals surface area contributed by atoms with Crippen LogP contribution in [0.15, 0.2) is 54.7 Å². The molecule has 0 unspecified atom stereocenters. The minimum absolute atomic E-state index is 0.272. The van der Waals surface area contributed by atoms with Crippen molar-refractivity contribution in [1.82, 2.24) is 4.98 Å². The molecule has 0 spiro atoms. The minimum atomic E-state index is -0.337. The SMILES string of the molecule is COc1cc(Cl)c(C)cc1Nc1ccc(C(=O)Nc2ccc(C#N)cc2)nc1. The van der Waals surface area contributed by atoms with Gasteiger partial charge < -0.3 is 15.4 Å². The van der Waals surface area contributed by atoms with Crippen molar-refractivity contribution in [2.45, 2.75) is 6.92 Å². The summed E-state index contributed by atoms with van der Waals surface area (Å²) in [6.07, 6.45) is 1.57. The largest absolute Gasteiger partial charge is 0.495 e. The predicted octanol–water partition coefficient (Wildman–Crippen LogP) is 4.92. The second-order valence-corrected chi connectivity index (χ2v) is 6.41. The van der Waals surface area contributed by atoms with Gasteiger partial charge in [0.2, 0.25) is 0 Å². The third kappa shape index (κ3) is 4.40. The molecule has 0 bridgehead atoms. The quantitative estimate of drug-likeness (QED) is 0.643. The maximum absolute atomic E-state index is 12.3. The molecule has 28 heavy (non-hydrogen) atoms. The van der Waals surface area contributed by atoms with Gasteiger partial charge in [0.25, 0.3) is 5.91 Å². The van der Waals surface area contributed by atoms with Gasteiger partial charge in [0.05, 0.1) is 36.3 Å². The Morgan fingerprint density at radius 2 is 1.86 bits per heavy atom. The van der Waals surface area contributed by atoms with E-state index in [1.165, 1.54) is 0 Å². The summed E-state index contributed by atoms with van der Waals surface area (Å²) in [5.74, 6) is 0.273. The van der Waals surface area contributed by atoms with E-state index in [-0.39, 0.29) is 11.6 Å². The molecule has 0 saturated carbocycles. The van der Waals surface area contributed by atoms with Gasteiger partial charge in [-0.3, -0.25) is 4.79 Å². The number of nitrogens with zero attached hydrogens (tertiary/aromatic N) is 2. The van der Waals surface area contributed by atoms with Crippen LogP contribution < -0.4 is 15.4 Å². The number of aromatic nitrogens is 1. The number of pyridine rings is 1. The summed E-state index contributed by atoms with van der Waals surface area (Å²) < 4.78 is 5.35. The van der Waals surface area contributed by atoms with Gasteiger partial charge in [0.15, 0.2) is 0 Å². The molecule has 3 aromatic rings. The number of hydrogen-bond donors (Lipinski definition) is 2. The Balaban J connectivity index is 1.72. The van der Waals surface area contributed by atoms with E-state index in [1.807, 2.05) is 19.1 Å². The van der Waals surface area contributed by atoms with Crippen LogP contribution in [-0.2, 0) is 0 Å². The number of hydrogen-bond acceptors (Lipinski definition) is 5. The monoisotopic (exact) mass is 392 g/mol. The summed E-state index contributed by atoms with van der Waals surface area (Å²) in [6, 6.07) is 15.6. The zero-order valence-electron chi connectivity index (χ0n) is 15.3. The number of aryl methyl sites for hydroxylation is 1. The van der Waals surface area contributed by atoms with Crippen molar-refractivity contribution in [3.63, 3.8) is 0 Å². The standard InChI is InChI=1S/C21H17ClN4O2/c1-13-9-19(20(28-2)10-17(13)22)25-16-7-8-18(24-12-16)21(27)26-15-5-3-14(11-23)4-6-15/h3-10,12,25H,1-2H3,(H,26,27). The molecule has 0 atom stereocenters. The van der Waals surface area contributed by atoms with Crippen LogP contribution in [0.4, 0.5) is 17.1 Å². The fourth-order valence-electron chi connectivity index (χ4n) is 2.51. The highest BCUT2D eigenvalue weighted by Crippen LogP contribution is 2.32. The van der Waals surface area contributed by atoms with Crippen LogP contribution in [0.2, 0.25) is 5.02 Å². The number of amides is 1. The van der Waals surface area contributed by atoms with E-state index < -0.39 is 0 Å². The van der Waals surface area contributed by atoms with E-state index in [0.29, 0.717) is 27.7 Å². The summed E-state index contributed by atoms with van der Waals surface area (Å²) in [5.41, 5.74) is 3.76. The second kappa shape index (κ2) is 8.42. The highest BCUT2D eigenvalue weighted by atomic mass is 35.5. The lowest BCUT2D eigenvalue weighted by Crippen LogP contribution is -2.13. The molecule has 1 aromatic heterocycles. The van der Waals surface area contributed by atoms with Crippen LogP contribution in [0.1, 0.15) is 21.6 Å². The first kappa shape index (κ1) is 19.2. The molecular weight excluding hydrogens is 376 g/mol. The van der Waals surface area contributed by atoms with E-state index >= 15 is 0 Å². The third-order valence-electron chi connectivity index (χ3n) is 4.03. The molecular formula is C21H17ClN4O2. The second-order valence-electron chi connectivity index (χ2n) is 6.00. The zero-order valence-corrected chi connectivity index (χ0v) is 16.0. The van der Waals surface area contributed by atoms with Gasteiger partial charge in [-0.25, -0.2) is 4.98 Å². The molecule has 0 fully saturated rings. The van der Waals surface area contributed by atoms with Crippen molar-refractivity contribution < 1.29 is 9.53 Å². The van der Waals surface area contributed by atoms with E-state index in [1.54, 1.807) is 55.8 Å². The van der Waals surface area contributed by atoms with Gasteiger partial charge in [-0.05, 0) is 55.0 Å². The lowest BCUT2D eigenvalue weighted by molar-refractivity contribution is 0.102. The number of rotatable bonds is 5. The van der Waals surface area contributed by atoms with Crippen molar-refractivity contribution in [3.8, 4) is 11.8 Å². The minimum Gasteiger partial charge on any atom is -0.495 e. The Kier molecular flexibility index (Phi) is 5.78. The summed E-state index contributed by atoms with van der Waals surface area (Å²) >= 11 is 6.13. The number of methoxy groups -OCH3 is 1. The molecule has 6 nitrogen and oxygen atoms in total. The smallest absolute Gasteiger partial charge is 0.274 e. The van der Waals surface area contributed by atoms with Gasteiger partial charge in [-0.1, -0.05) is 11.6 Å². The van der Waals surface area contributed by atoms with E-state index in [0.717, 1.165) is 11.3 Å². The molecule has 0 aliphatic heterocycles. The maximum atomic E-state index is 12.3. The summed E-state index contributed by atoms with van der Waals surface area (Å²) in [7, 11) is 1.57. The molecule has 2 aromatic carbocycles. The molecule has 7 heteroatoms. The number of carbonyl (C=O) groups is 1. The van der Waals surface area contributed by atoms with Crippen molar-refractivity contribution in [2.24, 2.45) is 0 Å². The van der Waals surface area contributed by atoms with Crippen LogP contribution in [0, 0.1) is 18.3 Å². The van der Waals surface area contributed by atoms with E-state index in [4.69, 9.17) is 21.6 Å². The van der Waals surface area contributed by atoms with E-state index in [9.17, 15) is 4.79 Å². The highest BCUT2D eigenvalue weighted by molar-refractivity contribution is 6.31. The van der Waals surface area contributed by atoms with E-state index in [2.05, 4.69) is 15.6 Å². The van der Waals surface area contributed by atoms with Crippen molar-refractivity contribution >= 4 is 34.6 Å². The average Bonchev–Trinajstić information content (AvgIpc) is 2.71. The van der Waals surface area contributed by atoms with Crippen LogP contribution in [-0.4, -0.2) is 18.0 Å². The fraction of sp³-hybridized carbons (Fsp3) is 0.0952. The molecule has 2 N–H and O–H groups in total. The van der Waals surface area contributed by atoms with Gasteiger partial charge in [0.1, 0.15) is 11.4 Å². The first-order valence-corrected chi connectivity index (χ1v) is 8.76. The van der Waals surface area contributed by atoms with Gasteiger partial charge in [0, 0.05) is 16.8 Å². The Hall–Kier alpha value is -3.56. The molecule has 0 aliphatic rings. The van der Waals surface area contributed by atoms with Crippen LogP contribution in [0.25, 0.3) is 0 Å². The van der Waals surface area contributed by atoms with Gasteiger partial charge in [-0.2, -0.15) is 5.26 Å². The number of ether oxygens (including phenoxy) is 1. The highest BCUT2D eigenvalue weighted by Gasteiger charge is 2.10. The zero-order chi connectivity index (χ0) is 20.1. The maximum Gasteiger partial charge on any atom is 0.274 e. The normalized spacial score (nSPS) is 10.1. The first-order valence-electron chi connectivity index (χ1n) is 8.39. The predicted molar refractivity (Wildman–Crippen MR) is 109 cm³/mol. The number of benzene rings is 2. The van der Waals surface area contributed by atoms with Crippen molar-refractivity contribution in [3.05, 3.63) is 76.6 Å². The van der Waals surface area contributed by atoms with Crippen LogP contribution >= 0.6 is 11.6 Å². The third-order valence-corrected chi connectivity index (χ3v) is 4.43. The van der Waals surface area contributed by atoms with Crippen LogP contribution in [0.5, 0.6) is 5.75 Å². The molecule has 0 saturated heterocycles. The lowest BCUT2D eigenvalue weighted by atomic mass is 10.2. The molecule has 140 valence electrons. The summed E-state index contributed by atoms with van der Waals surface area (Å²) in [4.78, 5) is 16.5. The molecule has 1 heterocycles. The Bertz CT molecular complexity index is 1040. The topological polar surface area (TPSA) is 87.0 Å². The summed E-state index contributed by atoms with van der Waals surface area (Å²) in [5, 5.41) is 15.4. The number of nitrogens with one attached hydrogen (secondary N) is 2. The van der Waals surface area contributed by atoms with Crippen LogP contribution in [0.3, 0.4) is 0 Å². The average molecular weight is 393 g/mol. The summed E-state index contributed by atoms with van der Waals surface area (Å²) in [6.45, 7) is 1.90. The molecule has 3 rings (SSSR count). The van der Waals surface area contributed by atoms with Crippen molar-refractivity contribution in [1.29, 1.82) is 5.26 Å². The Morgan fingerprint density at radius 3 is 2.46 bits per heavy atom. The van der Waals surface area contributed by atoms with Gasteiger partial charge >= 0.3 is 0 Å². The molecule has 0 radical (unpaired) electrons.